The number of nitrogen functional groups attached to an aromatic ring is 1. The fourth-order valence-electron chi connectivity index (χ4n) is 3.93. The van der Waals surface area contributed by atoms with Gasteiger partial charge in [0.25, 0.3) is 5.91 Å². The number of amides is 3. The average Bonchev–Trinajstić information content (AvgIpc) is 2.92. The van der Waals surface area contributed by atoms with E-state index in [9.17, 15) is 14.4 Å². The summed E-state index contributed by atoms with van der Waals surface area (Å²) < 4.78 is 0. The van der Waals surface area contributed by atoms with Crippen LogP contribution in [0.25, 0.3) is 0 Å². The zero-order valence-corrected chi connectivity index (χ0v) is 22.3. The van der Waals surface area contributed by atoms with Gasteiger partial charge in [-0.1, -0.05) is 71.7 Å². The summed E-state index contributed by atoms with van der Waals surface area (Å²) in [6, 6.07) is 27.4. The first-order chi connectivity index (χ1) is 18.8. The summed E-state index contributed by atoms with van der Waals surface area (Å²) in [5, 5.41) is 9.49. The van der Waals surface area contributed by atoms with Gasteiger partial charge < -0.3 is 21.7 Å². The van der Waals surface area contributed by atoms with Crippen molar-refractivity contribution in [1.29, 1.82) is 0 Å². The summed E-state index contributed by atoms with van der Waals surface area (Å²) in [4.78, 5) is 39.3. The summed E-state index contributed by atoms with van der Waals surface area (Å²) in [5.74, 6) is -2.52. The van der Waals surface area contributed by atoms with E-state index in [-0.39, 0.29) is 19.0 Å². The largest absolute Gasteiger partial charge is 0.397 e. The van der Waals surface area contributed by atoms with E-state index in [1.165, 1.54) is 0 Å². The van der Waals surface area contributed by atoms with E-state index in [4.69, 9.17) is 28.9 Å². The van der Waals surface area contributed by atoms with Crippen molar-refractivity contribution >= 4 is 52.3 Å². The number of carbonyl (C=O) groups excluding carboxylic acids is 3. The number of nitrogens with two attached hydrogens (primary N) is 1. The number of halogens is 2. The predicted molar refractivity (Wildman–Crippen MR) is 155 cm³/mol. The molecule has 0 saturated heterocycles. The second-order valence-corrected chi connectivity index (χ2v) is 9.66. The third-order valence-corrected chi connectivity index (χ3v) is 6.42. The molecule has 0 aliphatic rings. The summed E-state index contributed by atoms with van der Waals surface area (Å²) in [7, 11) is 0. The normalized spacial score (nSPS) is 10.6. The predicted octanol–water partition coefficient (Wildman–Crippen LogP) is 5.54. The van der Waals surface area contributed by atoms with Crippen LogP contribution in [0.3, 0.4) is 0 Å². The Labute approximate surface area is 236 Å². The van der Waals surface area contributed by atoms with Crippen molar-refractivity contribution in [2.75, 3.05) is 11.1 Å². The molecule has 3 amide bonds. The summed E-state index contributed by atoms with van der Waals surface area (Å²) in [6.45, 7) is 0.382. The molecule has 0 aliphatic heterocycles. The van der Waals surface area contributed by atoms with Gasteiger partial charge in [-0.05, 0) is 65.2 Å². The Kier molecular flexibility index (Phi) is 9.20. The molecule has 4 aromatic carbocycles. The number of para-hydroxylation sites is 2. The Morgan fingerprint density at radius 2 is 1.23 bits per heavy atom. The summed E-state index contributed by atoms with van der Waals surface area (Å²) in [5.41, 5.74) is 9.21. The lowest BCUT2D eigenvalue weighted by Gasteiger charge is -2.18. The van der Waals surface area contributed by atoms with Crippen LogP contribution in [0.15, 0.2) is 97.1 Å². The smallest absolute Gasteiger partial charge is 0.255 e. The molecule has 0 aromatic heterocycles. The minimum Gasteiger partial charge on any atom is -0.397 e. The van der Waals surface area contributed by atoms with Crippen LogP contribution in [-0.2, 0) is 22.7 Å². The Hall–Kier alpha value is -4.33. The van der Waals surface area contributed by atoms with Crippen LogP contribution in [0, 0.1) is 0 Å². The zero-order valence-electron chi connectivity index (χ0n) is 20.8. The van der Waals surface area contributed by atoms with E-state index in [2.05, 4.69) is 16.0 Å². The average molecular weight is 561 g/mol. The van der Waals surface area contributed by atoms with Crippen LogP contribution in [0.2, 0.25) is 10.0 Å². The maximum Gasteiger partial charge on any atom is 0.255 e. The van der Waals surface area contributed by atoms with E-state index >= 15 is 0 Å². The molecule has 0 radical (unpaired) electrons. The number of benzene rings is 4. The fraction of sp³-hybridized carbons (Fsp3) is 0.100. The molecule has 4 aromatic rings. The topological polar surface area (TPSA) is 113 Å². The third-order valence-electron chi connectivity index (χ3n) is 5.95. The second kappa shape index (κ2) is 13.0. The van der Waals surface area contributed by atoms with Gasteiger partial charge >= 0.3 is 0 Å². The van der Waals surface area contributed by atoms with Crippen LogP contribution in [0.1, 0.15) is 33.0 Å². The minimum absolute atomic E-state index is 0.191. The van der Waals surface area contributed by atoms with Gasteiger partial charge in [0.05, 0.1) is 11.4 Å². The standard InChI is InChI=1S/C30H26Cl2N4O3/c31-23-7-3-5-19(15-23)17-34-29(38)27(30(39)35-18-20-6-4-8-24(32)16-20)21-11-13-22(14-12-21)28(37)36-26-10-2-1-9-25(26)33/h1-16,27H,17-18,33H2,(H,34,38)(H,35,39)(H,36,37). The highest BCUT2D eigenvalue weighted by Crippen LogP contribution is 2.21. The molecule has 198 valence electrons. The SMILES string of the molecule is Nc1ccccc1NC(=O)c1ccc(C(C(=O)NCc2cccc(Cl)c2)C(=O)NCc2cccc(Cl)c2)cc1. The van der Waals surface area contributed by atoms with E-state index in [0.29, 0.717) is 32.5 Å². The highest BCUT2D eigenvalue weighted by molar-refractivity contribution is 6.30. The quantitative estimate of drug-likeness (QED) is 0.159. The molecule has 0 atom stereocenters. The van der Waals surface area contributed by atoms with Crippen molar-refractivity contribution in [2.45, 2.75) is 19.0 Å². The van der Waals surface area contributed by atoms with E-state index < -0.39 is 17.7 Å². The minimum atomic E-state index is -1.16. The first-order valence-electron chi connectivity index (χ1n) is 12.1. The molecule has 0 spiro atoms. The van der Waals surface area contributed by atoms with Crippen LogP contribution in [-0.4, -0.2) is 17.7 Å². The van der Waals surface area contributed by atoms with Gasteiger partial charge in [0, 0.05) is 28.7 Å². The van der Waals surface area contributed by atoms with Crippen molar-refractivity contribution in [3.8, 4) is 0 Å². The summed E-state index contributed by atoms with van der Waals surface area (Å²) >= 11 is 12.1. The summed E-state index contributed by atoms with van der Waals surface area (Å²) in [6.07, 6.45) is 0. The lowest BCUT2D eigenvalue weighted by atomic mass is 9.95. The van der Waals surface area contributed by atoms with E-state index in [0.717, 1.165) is 11.1 Å². The molecule has 0 saturated carbocycles. The molecule has 0 heterocycles. The Morgan fingerprint density at radius 3 is 1.74 bits per heavy atom. The highest BCUT2D eigenvalue weighted by atomic mass is 35.5. The number of anilines is 2. The molecule has 9 heteroatoms. The van der Waals surface area contributed by atoms with Crippen molar-refractivity contribution in [3.63, 3.8) is 0 Å². The first kappa shape index (κ1) is 27.7. The first-order valence-corrected chi connectivity index (χ1v) is 12.9. The lowest BCUT2D eigenvalue weighted by molar-refractivity contribution is -0.131. The zero-order chi connectivity index (χ0) is 27.8. The Balaban J connectivity index is 1.52. The Morgan fingerprint density at radius 1 is 0.692 bits per heavy atom. The van der Waals surface area contributed by atoms with Gasteiger partial charge in [-0.3, -0.25) is 14.4 Å². The molecule has 0 bridgehead atoms. The monoisotopic (exact) mass is 560 g/mol. The van der Waals surface area contributed by atoms with Crippen molar-refractivity contribution < 1.29 is 14.4 Å². The van der Waals surface area contributed by atoms with Crippen molar-refractivity contribution in [1.82, 2.24) is 10.6 Å². The van der Waals surface area contributed by atoms with Gasteiger partial charge in [-0.25, -0.2) is 0 Å². The van der Waals surface area contributed by atoms with Gasteiger partial charge in [-0.15, -0.1) is 0 Å². The number of hydrogen-bond donors (Lipinski definition) is 4. The van der Waals surface area contributed by atoms with E-state index in [1.807, 2.05) is 12.1 Å². The van der Waals surface area contributed by atoms with Crippen molar-refractivity contribution in [2.24, 2.45) is 0 Å². The van der Waals surface area contributed by atoms with Crippen LogP contribution < -0.4 is 21.7 Å². The van der Waals surface area contributed by atoms with Crippen LogP contribution in [0.5, 0.6) is 0 Å². The van der Waals surface area contributed by atoms with Crippen LogP contribution in [0.4, 0.5) is 11.4 Å². The highest BCUT2D eigenvalue weighted by Gasteiger charge is 2.28. The molecule has 4 rings (SSSR count). The van der Waals surface area contributed by atoms with Crippen LogP contribution >= 0.6 is 23.2 Å². The van der Waals surface area contributed by atoms with Crippen molar-refractivity contribution in [3.05, 3.63) is 129 Å². The molecule has 7 nitrogen and oxygen atoms in total. The lowest BCUT2D eigenvalue weighted by Crippen LogP contribution is -2.39. The molecule has 0 aliphatic carbocycles. The fourth-order valence-corrected chi connectivity index (χ4v) is 4.36. The van der Waals surface area contributed by atoms with Gasteiger partial charge in [0.15, 0.2) is 0 Å². The van der Waals surface area contributed by atoms with Gasteiger partial charge in [-0.2, -0.15) is 0 Å². The van der Waals surface area contributed by atoms with E-state index in [1.54, 1.807) is 84.9 Å². The molecule has 39 heavy (non-hydrogen) atoms. The number of hydrogen-bond acceptors (Lipinski definition) is 4. The maximum atomic E-state index is 13.3. The third kappa shape index (κ3) is 7.60. The maximum absolute atomic E-state index is 13.3. The number of carbonyl (C=O) groups is 3. The van der Waals surface area contributed by atoms with Gasteiger partial charge in [0.1, 0.15) is 5.92 Å². The molecular weight excluding hydrogens is 535 g/mol. The van der Waals surface area contributed by atoms with Gasteiger partial charge in [0.2, 0.25) is 11.8 Å². The Bertz CT molecular complexity index is 1430. The molecular formula is C30H26Cl2N4O3. The number of rotatable bonds is 9. The molecule has 5 N–H and O–H groups in total. The number of nitrogens with one attached hydrogen (secondary N) is 3. The molecule has 0 fully saturated rings. The second-order valence-electron chi connectivity index (χ2n) is 8.79. The molecule has 0 unspecified atom stereocenters.